The zero-order valence-corrected chi connectivity index (χ0v) is 16.8. The monoisotopic (exact) mass is 394 g/mol. The molecule has 0 atom stereocenters. The Balaban J connectivity index is 1.48. The smallest absolute Gasteiger partial charge is 0.338 e. The fraction of sp³-hybridized carbons (Fsp3) is 0.192. The Bertz CT molecular complexity index is 1200. The van der Waals surface area contributed by atoms with Crippen LogP contribution < -0.4 is 0 Å². The number of carbonyl (C=O) groups is 1. The van der Waals surface area contributed by atoms with E-state index >= 15 is 0 Å². The summed E-state index contributed by atoms with van der Waals surface area (Å²) >= 11 is 0. The van der Waals surface area contributed by atoms with Crippen LogP contribution in [0.15, 0.2) is 84.9 Å². The van der Waals surface area contributed by atoms with E-state index in [2.05, 4.69) is 18.2 Å². The Morgan fingerprint density at radius 1 is 0.867 bits per heavy atom. The summed E-state index contributed by atoms with van der Waals surface area (Å²) in [7, 11) is 0. The van der Waals surface area contributed by atoms with E-state index in [0.29, 0.717) is 18.4 Å². The van der Waals surface area contributed by atoms with Gasteiger partial charge in [-0.05, 0) is 30.7 Å². The van der Waals surface area contributed by atoms with Gasteiger partial charge in [0.15, 0.2) is 0 Å². The molecule has 4 aromatic rings. The van der Waals surface area contributed by atoms with E-state index in [0.717, 1.165) is 28.0 Å². The van der Waals surface area contributed by atoms with E-state index in [1.54, 1.807) is 12.1 Å². The lowest BCUT2D eigenvalue weighted by Crippen LogP contribution is -2.48. The highest BCUT2D eigenvalue weighted by atomic mass is 16.5. The van der Waals surface area contributed by atoms with Gasteiger partial charge in [0.05, 0.1) is 16.5 Å². The molecule has 5 rings (SSSR count). The number of nitrogens with zero attached hydrogens (tertiary/aromatic N) is 2. The van der Waals surface area contributed by atoms with Crippen molar-refractivity contribution in [3.63, 3.8) is 0 Å². The number of fused-ring (bicyclic) bond motifs is 1. The molecule has 0 bridgehead atoms. The molecule has 30 heavy (non-hydrogen) atoms. The molecule has 0 unspecified atom stereocenters. The summed E-state index contributed by atoms with van der Waals surface area (Å²) in [6.45, 7) is 2.03. The molecule has 1 aliphatic carbocycles. The Labute approximate surface area is 175 Å². The third kappa shape index (κ3) is 3.14. The van der Waals surface area contributed by atoms with Gasteiger partial charge >= 0.3 is 5.97 Å². The molecule has 148 valence electrons. The van der Waals surface area contributed by atoms with Crippen molar-refractivity contribution in [3.05, 3.63) is 108 Å². The molecule has 0 spiro atoms. The summed E-state index contributed by atoms with van der Waals surface area (Å²) < 4.78 is 5.79. The number of para-hydroxylation sites is 1. The second kappa shape index (κ2) is 7.38. The summed E-state index contributed by atoms with van der Waals surface area (Å²) in [5, 5.41) is 1.07. The quantitative estimate of drug-likeness (QED) is 0.444. The highest BCUT2D eigenvalue weighted by molar-refractivity contribution is 5.89. The van der Waals surface area contributed by atoms with Gasteiger partial charge in [-0.25, -0.2) is 14.8 Å². The number of hydrogen-bond acceptors (Lipinski definition) is 4. The number of ether oxygens (including phenoxy) is 1. The summed E-state index contributed by atoms with van der Waals surface area (Å²) in [6, 6.07) is 27.5. The van der Waals surface area contributed by atoms with Crippen LogP contribution >= 0.6 is 0 Å². The van der Waals surface area contributed by atoms with Gasteiger partial charge in [-0.15, -0.1) is 0 Å². The first-order valence-electron chi connectivity index (χ1n) is 10.2. The second-order valence-electron chi connectivity index (χ2n) is 7.90. The number of aryl methyl sites for hydroxylation is 1. The number of aromatic nitrogens is 2. The van der Waals surface area contributed by atoms with Crippen molar-refractivity contribution in [2.45, 2.75) is 31.3 Å². The van der Waals surface area contributed by atoms with Gasteiger partial charge in [0.1, 0.15) is 11.9 Å². The first kappa shape index (κ1) is 18.5. The van der Waals surface area contributed by atoms with E-state index in [9.17, 15) is 4.79 Å². The minimum Gasteiger partial charge on any atom is -0.459 e. The molecular weight excluding hydrogens is 372 g/mol. The van der Waals surface area contributed by atoms with E-state index in [-0.39, 0.29) is 17.5 Å². The van der Waals surface area contributed by atoms with Crippen LogP contribution in [0, 0.1) is 6.92 Å². The van der Waals surface area contributed by atoms with Gasteiger partial charge in [-0.1, -0.05) is 66.7 Å². The maximum atomic E-state index is 12.5. The SMILES string of the molecule is Cc1nc(C2(c3ccccc3)CC(OC(=O)c3ccccc3)C2)nc2ccccc12. The molecule has 0 amide bonds. The average Bonchev–Trinajstić information content (AvgIpc) is 2.77. The molecule has 1 aromatic heterocycles. The van der Waals surface area contributed by atoms with Crippen LogP contribution in [0.1, 0.15) is 40.3 Å². The maximum Gasteiger partial charge on any atom is 0.338 e. The third-order valence-corrected chi connectivity index (χ3v) is 5.98. The standard InChI is InChI=1S/C26H22N2O2/c1-18-22-14-8-9-15-23(22)28-25(27-18)26(20-12-6-3-7-13-20)16-21(17-26)30-24(29)19-10-4-2-5-11-19/h2-15,21H,16-17H2,1H3. The number of benzene rings is 3. The van der Waals surface area contributed by atoms with Gasteiger partial charge in [0.25, 0.3) is 0 Å². The third-order valence-electron chi connectivity index (χ3n) is 5.98. The van der Waals surface area contributed by atoms with Crippen molar-refractivity contribution in [3.8, 4) is 0 Å². The Hall–Kier alpha value is -3.53. The first-order valence-corrected chi connectivity index (χ1v) is 10.2. The Morgan fingerprint density at radius 3 is 2.23 bits per heavy atom. The highest BCUT2D eigenvalue weighted by Gasteiger charge is 2.51. The largest absolute Gasteiger partial charge is 0.459 e. The minimum absolute atomic E-state index is 0.159. The molecule has 0 aliphatic heterocycles. The van der Waals surface area contributed by atoms with Crippen molar-refractivity contribution >= 4 is 16.9 Å². The lowest BCUT2D eigenvalue weighted by Gasteiger charge is -2.46. The van der Waals surface area contributed by atoms with Gasteiger partial charge in [-0.2, -0.15) is 0 Å². The molecule has 1 heterocycles. The second-order valence-corrected chi connectivity index (χ2v) is 7.90. The summed E-state index contributed by atoms with van der Waals surface area (Å²) in [4.78, 5) is 22.3. The topological polar surface area (TPSA) is 52.1 Å². The zero-order valence-electron chi connectivity index (χ0n) is 16.8. The van der Waals surface area contributed by atoms with E-state index in [1.165, 1.54) is 0 Å². The van der Waals surface area contributed by atoms with Crippen LogP contribution in [0.3, 0.4) is 0 Å². The van der Waals surface area contributed by atoms with Gasteiger partial charge < -0.3 is 4.74 Å². The number of esters is 1. The molecule has 0 N–H and O–H groups in total. The predicted molar refractivity (Wildman–Crippen MR) is 116 cm³/mol. The van der Waals surface area contributed by atoms with Crippen LogP contribution in [0.4, 0.5) is 0 Å². The first-order chi connectivity index (χ1) is 14.7. The number of hydrogen-bond donors (Lipinski definition) is 0. The van der Waals surface area contributed by atoms with Crippen molar-refractivity contribution in [2.24, 2.45) is 0 Å². The van der Waals surface area contributed by atoms with Crippen molar-refractivity contribution in [1.82, 2.24) is 9.97 Å². The number of rotatable bonds is 4. The summed E-state index contributed by atoms with van der Waals surface area (Å²) in [6.07, 6.45) is 1.19. The molecule has 4 nitrogen and oxygen atoms in total. The zero-order chi connectivity index (χ0) is 20.6. The molecule has 0 saturated heterocycles. The van der Waals surface area contributed by atoms with Crippen molar-refractivity contribution < 1.29 is 9.53 Å². The number of carbonyl (C=O) groups excluding carboxylic acids is 1. The van der Waals surface area contributed by atoms with Gasteiger partial charge in [0, 0.05) is 23.9 Å². The minimum atomic E-state index is -0.350. The Kier molecular flexibility index (Phi) is 4.55. The molecule has 1 saturated carbocycles. The van der Waals surface area contributed by atoms with E-state index < -0.39 is 0 Å². The highest BCUT2D eigenvalue weighted by Crippen LogP contribution is 2.49. The average molecular weight is 394 g/mol. The fourth-order valence-electron chi connectivity index (χ4n) is 4.35. The van der Waals surface area contributed by atoms with Crippen molar-refractivity contribution in [2.75, 3.05) is 0 Å². The van der Waals surface area contributed by atoms with Gasteiger partial charge in [-0.3, -0.25) is 0 Å². The van der Waals surface area contributed by atoms with E-state index in [4.69, 9.17) is 14.7 Å². The van der Waals surface area contributed by atoms with Crippen LogP contribution in [0.5, 0.6) is 0 Å². The maximum absolute atomic E-state index is 12.5. The van der Waals surface area contributed by atoms with Crippen LogP contribution in [-0.4, -0.2) is 22.0 Å². The van der Waals surface area contributed by atoms with Crippen molar-refractivity contribution in [1.29, 1.82) is 0 Å². The summed E-state index contributed by atoms with van der Waals surface area (Å²) in [5.41, 5.74) is 3.30. The fourth-order valence-corrected chi connectivity index (χ4v) is 4.35. The lowest BCUT2D eigenvalue weighted by atomic mass is 9.62. The van der Waals surface area contributed by atoms with Gasteiger partial charge in [0.2, 0.25) is 0 Å². The Morgan fingerprint density at radius 2 is 1.50 bits per heavy atom. The normalized spacial score (nSPS) is 20.5. The van der Waals surface area contributed by atoms with Crippen LogP contribution in [0.25, 0.3) is 10.9 Å². The molecule has 1 fully saturated rings. The molecular formula is C26H22N2O2. The molecule has 4 heteroatoms. The predicted octanol–water partition coefficient (Wildman–Crippen LogP) is 5.24. The summed E-state index contributed by atoms with van der Waals surface area (Å²) in [5.74, 6) is 0.523. The van der Waals surface area contributed by atoms with E-state index in [1.807, 2.05) is 61.5 Å². The van der Waals surface area contributed by atoms with Crippen LogP contribution in [-0.2, 0) is 10.2 Å². The lowest BCUT2D eigenvalue weighted by molar-refractivity contribution is -0.0152. The molecule has 3 aromatic carbocycles. The molecule has 1 aliphatic rings. The van der Waals surface area contributed by atoms with Crippen LogP contribution in [0.2, 0.25) is 0 Å². The molecule has 0 radical (unpaired) electrons.